The average Bonchev–Trinajstić information content (AvgIpc) is 2.93. The highest BCUT2D eigenvalue weighted by Gasteiger charge is 2.18. The van der Waals surface area contributed by atoms with Crippen LogP contribution in [0, 0.1) is 0 Å². The Bertz CT molecular complexity index is 885. The monoisotopic (exact) mass is 382 g/mol. The molecule has 116 valence electrons. The van der Waals surface area contributed by atoms with Gasteiger partial charge in [-0.15, -0.1) is 11.3 Å². The molecular formula is C17H9Cl3O2S. The van der Waals surface area contributed by atoms with E-state index in [-0.39, 0.29) is 4.88 Å². The maximum absolute atomic E-state index is 11.4. The number of hydrogen-bond donors (Lipinski definition) is 1. The molecule has 6 heteroatoms. The minimum atomic E-state index is -0.971. The van der Waals surface area contributed by atoms with Crippen molar-refractivity contribution in [3.8, 4) is 21.6 Å². The van der Waals surface area contributed by atoms with E-state index in [2.05, 4.69) is 0 Å². The summed E-state index contributed by atoms with van der Waals surface area (Å²) >= 11 is 19.3. The molecule has 0 saturated heterocycles. The summed E-state index contributed by atoms with van der Waals surface area (Å²) in [5, 5.41) is 10.9. The Hall–Kier alpha value is -1.52. The predicted octanol–water partition coefficient (Wildman–Crippen LogP) is 6.74. The number of carboxylic acids is 1. The van der Waals surface area contributed by atoms with Gasteiger partial charge in [0.1, 0.15) is 4.88 Å². The second-order valence-corrected chi connectivity index (χ2v) is 7.12. The first-order chi connectivity index (χ1) is 11.0. The molecule has 3 rings (SSSR count). The van der Waals surface area contributed by atoms with Gasteiger partial charge in [0, 0.05) is 26.0 Å². The van der Waals surface area contributed by atoms with Crippen LogP contribution in [0.25, 0.3) is 21.6 Å². The minimum Gasteiger partial charge on any atom is -0.477 e. The Kier molecular flexibility index (Phi) is 4.64. The van der Waals surface area contributed by atoms with Crippen LogP contribution in [0.4, 0.5) is 0 Å². The van der Waals surface area contributed by atoms with Crippen LogP contribution in [-0.4, -0.2) is 11.1 Å². The second kappa shape index (κ2) is 6.54. The molecule has 0 aliphatic heterocycles. The van der Waals surface area contributed by atoms with E-state index in [0.29, 0.717) is 15.1 Å². The first kappa shape index (κ1) is 16.3. The number of benzene rings is 2. The van der Waals surface area contributed by atoms with Crippen molar-refractivity contribution in [3.63, 3.8) is 0 Å². The number of thiophene rings is 1. The Morgan fingerprint density at radius 1 is 0.870 bits per heavy atom. The summed E-state index contributed by atoms with van der Waals surface area (Å²) in [5.41, 5.74) is 2.42. The molecule has 0 bridgehead atoms. The number of aromatic carboxylic acids is 1. The van der Waals surface area contributed by atoms with E-state index in [1.807, 2.05) is 12.1 Å². The van der Waals surface area contributed by atoms with E-state index in [0.717, 1.165) is 21.6 Å². The molecule has 3 aromatic rings. The number of halogens is 3. The Morgan fingerprint density at radius 2 is 1.52 bits per heavy atom. The summed E-state index contributed by atoms with van der Waals surface area (Å²) in [4.78, 5) is 12.4. The summed E-state index contributed by atoms with van der Waals surface area (Å²) in [6.45, 7) is 0. The molecule has 2 nitrogen and oxygen atoms in total. The lowest BCUT2D eigenvalue weighted by Crippen LogP contribution is -1.89. The molecule has 0 unspecified atom stereocenters. The summed E-state index contributed by atoms with van der Waals surface area (Å²) in [6, 6.07) is 14.0. The van der Waals surface area contributed by atoms with E-state index < -0.39 is 5.97 Å². The van der Waals surface area contributed by atoms with Crippen molar-refractivity contribution in [2.45, 2.75) is 0 Å². The van der Waals surface area contributed by atoms with Crippen molar-refractivity contribution in [2.75, 3.05) is 0 Å². The van der Waals surface area contributed by atoms with E-state index in [1.54, 1.807) is 36.4 Å². The van der Waals surface area contributed by atoms with E-state index >= 15 is 0 Å². The largest absolute Gasteiger partial charge is 0.477 e. The maximum atomic E-state index is 11.4. The SMILES string of the molecule is O=C(O)c1cc(-c2ccc(Cl)cc2)c(-c2ccc(Cl)cc2Cl)s1. The van der Waals surface area contributed by atoms with Crippen LogP contribution in [0.5, 0.6) is 0 Å². The van der Waals surface area contributed by atoms with E-state index in [1.165, 1.54) is 11.3 Å². The molecule has 0 saturated carbocycles. The van der Waals surface area contributed by atoms with Crippen LogP contribution in [-0.2, 0) is 0 Å². The topological polar surface area (TPSA) is 37.3 Å². The van der Waals surface area contributed by atoms with Crippen LogP contribution >= 0.6 is 46.1 Å². The first-order valence-corrected chi connectivity index (χ1v) is 8.49. The van der Waals surface area contributed by atoms with Crippen LogP contribution in [0.3, 0.4) is 0 Å². The lowest BCUT2D eigenvalue weighted by molar-refractivity contribution is 0.0702. The minimum absolute atomic E-state index is 0.246. The fraction of sp³-hybridized carbons (Fsp3) is 0. The Morgan fingerprint density at radius 3 is 2.13 bits per heavy atom. The predicted molar refractivity (Wildman–Crippen MR) is 97.2 cm³/mol. The molecular weight excluding hydrogens is 375 g/mol. The van der Waals surface area contributed by atoms with Crippen LogP contribution in [0.2, 0.25) is 15.1 Å². The number of hydrogen-bond acceptors (Lipinski definition) is 2. The highest BCUT2D eigenvalue weighted by molar-refractivity contribution is 7.18. The molecule has 1 N–H and O–H groups in total. The molecule has 0 aliphatic rings. The fourth-order valence-corrected chi connectivity index (χ4v) is 3.96. The summed E-state index contributed by atoms with van der Waals surface area (Å²) < 4.78 is 0. The third-order valence-electron chi connectivity index (χ3n) is 3.27. The first-order valence-electron chi connectivity index (χ1n) is 6.54. The third-order valence-corrected chi connectivity index (χ3v) is 5.23. The molecule has 0 spiro atoms. The zero-order valence-electron chi connectivity index (χ0n) is 11.5. The average molecular weight is 384 g/mol. The summed E-state index contributed by atoms with van der Waals surface area (Å²) in [6.07, 6.45) is 0. The summed E-state index contributed by atoms with van der Waals surface area (Å²) in [7, 11) is 0. The lowest BCUT2D eigenvalue weighted by atomic mass is 10.0. The van der Waals surface area contributed by atoms with Gasteiger partial charge in [-0.3, -0.25) is 0 Å². The highest BCUT2D eigenvalue weighted by Crippen LogP contribution is 2.43. The smallest absolute Gasteiger partial charge is 0.345 e. The van der Waals surface area contributed by atoms with Gasteiger partial charge in [-0.1, -0.05) is 53.0 Å². The lowest BCUT2D eigenvalue weighted by Gasteiger charge is -2.07. The second-order valence-electron chi connectivity index (χ2n) is 4.79. The molecule has 0 amide bonds. The molecule has 0 atom stereocenters. The third kappa shape index (κ3) is 3.38. The van der Waals surface area contributed by atoms with Gasteiger partial charge in [0.25, 0.3) is 0 Å². The standard InChI is InChI=1S/C17H9Cl3O2S/c18-10-3-1-9(2-4-10)13-8-15(17(21)22)23-16(13)12-6-5-11(19)7-14(12)20/h1-8H,(H,21,22). The van der Waals surface area contributed by atoms with E-state index in [4.69, 9.17) is 34.8 Å². The molecule has 1 aromatic heterocycles. The van der Waals surface area contributed by atoms with Crippen molar-refractivity contribution in [1.82, 2.24) is 0 Å². The number of rotatable bonds is 3. The highest BCUT2D eigenvalue weighted by atomic mass is 35.5. The normalized spacial score (nSPS) is 10.7. The Labute approximate surface area is 151 Å². The van der Waals surface area contributed by atoms with Gasteiger partial charge < -0.3 is 5.11 Å². The number of carbonyl (C=O) groups is 1. The van der Waals surface area contributed by atoms with E-state index in [9.17, 15) is 9.90 Å². The van der Waals surface area contributed by atoms with Crippen molar-refractivity contribution in [1.29, 1.82) is 0 Å². The van der Waals surface area contributed by atoms with Crippen LogP contribution in [0.15, 0.2) is 48.5 Å². The van der Waals surface area contributed by atoms with Gasteiger partial charge in [-0.05, 0) is 35.9 Å². The van der Waals surface area contributed by atoms with Crippen molar-refractivity contribution >= 4 is 52.1 Å². The van der Waals surface area contributed by atoms with Gasteiger partial charge in [-0.2, -0.15) is 0 Å². The van der Waals surface area contributed by atoms with Crippen LogP contribution in [0.1, 0.15) is 9.67 Å². The van der Waals surface area contributed by atoms with Crippen molar-refractivity contribution in [2.24, 2.45) is 0 Å². The van der Waals surface area contributed by atoms with Gasteiger partial charge in [0.15, 0.2) is 0 Å². The molecule has 2 aromatic carbocycles. The zero-order chi connectivity index (χ0) is 16.6. The fourth-order valence-electron chi connectivity index (χ4n) is 2.21. The van der Waals surface area contributed by atoms with Gasteiger partial charge in [0.05, 0.1) is 5.02 Å². The molecule has 0 fully saturated rings. The summed E-state index contributed by atoms with van der Waals surface area (Å²) in [5.74, 6) is -0.971. The van der Waals surface area contributed by atoms with Gasteiger partial charge in [0.2, 0.25) is 0 Å². The quantitative estimate of drug-likeness (QED) is 0.543. The number of carboxylic acid groups (broad SMARTS) is 1. The molecule has 23 heavy (non-hydrogen) atoms. The molecule has 0 aliphatic carbocycles. The zero-order valence-corrected chi connectivity index (χ0v) is 14.6. The van der Waals surface area contributed by atoms with Crippen molar-refractivity contribution in [3.05, 3.63) is 68.5 Å². The van der Waals surface area contributed by atoms with Crippen LogP contribution < -0.4 is 0 Å². The molecule has 0 radical (unpaired) electrons. The van der Waals surface area contributed by atoms with Gasteiger partial charge >= 0.3 is 5.97 Å². The van der Waals surface area contributed by atoms with Crippen molar-refractivity contribution < 1.29 is 9.90 Å². The van der Waals surface area contributed by atoms with Gasteiger partial charge in [-0.25, -0.2) is 4.79 Å². The Balaban J connectivity index is 2.22. The maximum Gasteiger partial charge on any atom is 0.345 e. The molecule has 1 heterocycles.